The molecule has 5 nitrogen and oxygen atoms in total. The predicted octanol–water partition coefficient (Wildman–Crippen LogP) is 2.00. The fourth-order valence-corrected chi connectivity index (χ4v) is 1.54. The van der Waals surface area contributed by atoms with Gasteiger partial charge in [-0.2, -0.15) is 0 Å². The third kappa shape index (κ3) is 4.16. The molecule has 0 saturated carbocycles. The van der Waals surface area contributed by atoms with Crippen LogP contribution >= 0.6 is 0 Å². The van der Waals surface area contributed by atoms with E-state index < -0.39 is 5.97 Å². The molecule has 0 radical (unpaired) electrons. The summed E-state index contributed by atoms with van der Waals surface area (Å²) in [4.78, 5) is 28.2. The smallest absolute Gasteiger partial charge is 0.305 e. The predicted molar refractivity (Wildman–Crippen MR) is 68.5 cm³/mol. The van der Waals surface area contributed by atoms with Crippen LogP contribution in [0.2, 0.25) is 0 Å². The number of aromatic nitrogens is 1. The van der Waals surface area contributed by atoms with Crippen molar-refractivity contribution in [1.82, 2.24) is 4.98 Å². The van der Waals surface area contributed by atoms with Crippen LogP contribution in [0.25, 0.3) is 0 Å². The van der Waals surface area contributed by atoms with Crippen LogP contribution in [0.4, 0.5) is 5.82 Å². The Morgan fingerprint density at radius 3 is 2.56 bits per heavy atom. The number of anilines is 1. The molecule has 1 rings (SSSR count). The first-order valence-corrected chi connectivity index (χ1v) is 5.99. The Labute approximate surface area is 106 Å². The molecule has 0 bridgehead atoms. The number of carbonyl (C=O) groups excluding carboxylic acids is 1. The first-order valence-electron chi connectivity index (χ1n) is 5.99. The second-order valence-corrected chi connectivity index (χ2v) is 4.13. The van der Waals surface area contributed by atoms with E-state index >= 15 is 0 Å². The number of carbonyl (C=O) groups is 2. The van der Waals surface area contributed by atoms with E-state index in [-0.39, 0.29) is 18.9 Å². The van der Waals surface area contributed by atoms with Crippen molar-refractivity contribution in [2.75, 3.05) is 11.4 Å². The number of aliphatic carboxylic acids is 1. The highest BCUT2D eigenvalue weighted by molar-refractivity contribution is 5.92. The molecule has 0 aliphatic heterocycles. The molecule has 0 aliphatic carbocycles. The Kier molecular flexibility index (Phi) is 5.30. The molecule has 1 N–H and O–H groups in total. The summed E-state index contributed by atoms with van der Waals surface area (Å²) in [5.41, 5.74) is 1.000. The zero-order valence-corrected chi connectivity index (χ0v) is 10.7. The van der Waals surface area contributed by atoms with Gasteiger partial charge in [0.2, 0.25) is 5.91 Å². The van der Waals surface area contributed by atoms with Gasteiger partial charge in [0.1, 0.15) is 5.82 Å². The van der Waals surface area contributed by atoms with Crippen molar-refractivity contribution in [3.8, 4) is 0 Å². The molecule has 0 aromatic carbocycles. The lowest BCUT2D eigenvalue weighted by molar-refractivity contribution is -0.136. The number of rotatable bonds is 6. The number of nitrogens with zero attached hydrogens (tertiary/aromatic N) is 2. The Bertz CT molecular complexity index is 415. The number of hydrogen-bond acceptors (Lipinski definition) is 3. The van der Waals surface area contributed by atoms with E-state index in [2.05, 4.69) is 4.98 Å². The number of pyridine rings is 1. The summed E-state index contributed by atoms with van der Waals surface area (Å²) >= 11 is 0. The van der Waals surface area contributed by atoms with Crippen molar-refractivity contribution >= 4 is 17.7 Å². The van der Waals surface area contributed by atoms with Gasteiger partial charge in [-0.3, -0.25) is 14.5 Å². The van der Waals surface area contributed by atoms with Crippen LogP contribution < -0.4 is 4.90 Å². The van der Waals surface area contributed by atoms with E-state index in [0.29, 0.717) is 12.2 Å². The van der Waals surface area contributed by atoms with Gasteiger partial charge in [-0.15, -0.1) is 0 Å². The lowest BCUT2D eigenvalue weighted by Gasteiger charge is -2.20. The van der Waals surface area contributed by atoms with Crippen LogP contribution in [-0.4, -0.2) is 28.5 Å². The minimum absolute atomic E-state index is 0.0784. The molecule has 0 fully saturated rings. The fraction of sp³-hybridized carbons (Fsp3) is 0.462. The van der Waals surface area contributed by atoms with Gasteiger partial charge in [0, 0.05) is 19.2 Å². The van der Waals surface area contributed by atoms with Crippen molar-refractivity contribution in [3.63, 3.8) is 0 Å². The molecule has 98 valence electrons. The summed E-state index contributed by atoms with van der Waals surface area (Å²) in [5, 5.41) is 8.71. The first kappa shape index (κ1) is 14.2. The molecule has 1 amide bonds. The molecular formula is C13H18N2O3. The number of hydrogen-bond donors (Lipinski definition) is 1. The largest absolute Gasteiger partial charge is 0.481 e. The Morgan fingerprint density at radius 1 is 1.33 bits per heavy atom. The maximum Gasteiger partial charge on any atom is 0.305 e. The van der Waals surface area contributed by atoms with Crippen LogP contribution in [0, 0.1) is 6.92 Å². The van der Waals surface area contributed by atoms with E-state index in [1.807, 2.05) is 19.9 Å². The molecule has 0 unspecified atom stereocenters. The number of carboxylic acids is 1. The zero-order valence-electron chi connectivity index (χ0n) is 10.7. The van der Waals surface area contributed by atoms with Crippen LogP contribution in [0.5, 0.6) is 0 Å². The molecule has 0 saturated heterocycles. The van der Waals surface area contributed by atoms with Crippen molar-refractivity contribution in [3.05, 3.63) is 23.9 Å². The molecule has 1 aromatic rings. The zero-order chi connectivity index (χ0) is 13.5. The number of carboxylic acid groups (broad SMARTS) is 1. The summed E-state index contributed by atoms with van der Waals surface area (Å²) in [5.74, 6) is -0.494. The van der Waals surface area contributed by atoms with Gasteiger partial charge < -0.3 is 5.11 Å². The third-order valence-corrected chi connectivity index (χ3v) is 2.49. The highest BCUT2D eigenvalue weighted by Gasteiger charge is 2.16. The number of amides is 1. The van der Waals surface area contributed by atoms with Crippen molar-refractivity contribution in [2.24, 2.45) is 0 Å². The Hall–Kier alpha value is -1.91. The third-order valence-electron chi connectivity index (χ3n) is 2.49. The number of aryl methyl sites for hydroxylation is 1. The lowest BCUT2D eigenvalue weighted by atomic mass is 10.2. The molecule has 0 atom stereocenters. The van der Waals surface area contributed by atoms with E-state index in [0.717, 1.165) is 12.0 Å². The van der Waals surface area contributed by atoms with Gasteiger partial charge in [0.05, 0.1) is 6.42 Å². The molecule has 1 aromatic heterocycles. The van der Waals surface area contributed by atoms with Gasteiger partial charge in [0.15, 0.2) is 0 Å². The minimum atomic E-state index is -0.920. The molecule has 0 aliphatic rings. The van der Waals surface area contributed by atoms with Crippen molar-refractivity contribution < 1.29 is 14.7 Å². The molecule has 18 heavy (non-hydrogen) atoms. The van der Waals surface area contributed by atoms with Gasteiger partial charge in [-0.1, -0.05) is 13.0 Å². The van der Waals surface area contributed by atoms with E-state index in [9.17, 15) is 9.59 Å². The topological polar surface area (TPSA) is 70.5 Å². The summed E-state index contributed by atoms with van der Waals surface area (Å²) in [6.07, 6.45) is 2.72. The maximum atomic E-state index is 11.9. The van der Waals surface area contributed by atoms with Gasteiger partial charge in [0.25, 0.3) is 0 Å². The maximum absolute atomic E-state index is 11.9. The average Bonchev–Trinajstić information content (AvgIpc) is 2.31. The highest BCUT2D eigenvalue weighted by Crippen LogP contribution is 2.13. The summed E-state index contributed by atoms with van der Waals surface area (Å²) < 4.78 is 0. The Morgan fingerprint density at radius 2 is 2.06 bits per heavy atom. The highest BCUT2D eigenvalue weighted by atomic mass is 16.4. The minimum Gasteiger partial charge on any atom is -0.481 e. The van der Waals surface area contributed by atoms with Crippen LogP contribution in [-0.2, 0) is 9.59 Å². The Balaban J connectivity index is 2.85. The van der Waals surface area contributed by atoms with E-state index in [1.165, 1.54) is 4.90 Å². The van der Waals surface area contributed by atoms with E-state index in [4.69, 9.17) is 5.11 Å². The second kappa shape index (κ2) is 6.74. The normalized spacial score (nSPS) is 10.1. The fourth-order valence-electron chi connectivity index (χ4n) is 1.54. The van der Waals surface area contributed by atoms with Crippen molar-refractivity contribution in [1.29, 1.82) is 0 Å². The second-order valence-electron chi connectivity index (χ2n) is 4.13. The summed E-state index contributed by atoms with van der Waals surface area (Å²) in [6, 6.07) is 3.60. The van der Waals surface area contributed by atoms with Crippen LogP contribution in [0.3, 0.4) is 0 Å². The summed E-state index contributed by atoms with van der Waals surface area (Å²) in [6.45, 7) is 3.98. The standard InChI is InChI=1S/C13H18N2O3/c1-3-4-12(16)15(8-7-13(17)18)11-6-5-10(2)9-14-11/h5-6,9H,3-4,7-8H2,1-2H3,(H,17,18). The first-order chi connectivity index (χ1) is 8.54. The lowest BCUT2D eigenvalue weighted by Crippen LogP contribution is -2.33. The quantitative estimate of drug-likeness (QED) is 0.838. The van der Waals surface area contributed by atoms with Gasteiger partial charge in [-0.25, -0.2) is 4.98 Å². The van der Waals surface area contributed by atoms with Crippen LogP contribution in [0.15, 0.2) is 18.3 Å². The molecule has 1 heterocycles. The van der Waals surface area contributed by atoms with Crippen LogP contribution in [0.1, 0.15) is 31.7 Å². The monoisotopic (exact) mass is 250 g/mol. The average molecular weight is 250 g/mol. The van der Waals surface area contributed by atoms with Gasteiger partial charge >= 0.3 is 5.97 Å². The van der Waals surface area contributed by atoms with E-state index in [1.54, 1.807) is 12.3 Å². The van der Waals surface area contributed by atoms with Gasteiger partial charge in [-0.05, 0) is 25.0 Å². The molecule has 0 spiro atoms. The molecule has 5 heteroatoms. The molecular weight excluding hydrogens is 232 g/mol. The summed E-state index contributed by atoms with van der Waals surface area (Å²) in [7, 11) is 0. The SMILES string of the molecule is CCCC(=O)N(CCC(=O)O)c1ccc(C)cn1. The van der Waals surface area contributed by atoms with Crippen molar-refractivity contribution in [2.45, 2.75) is 33.1 Å².